The Morgan fingerprint density at radius 1 is 1.16 bits per heavy atom. The van der Waals surface area contributed by atoms with E-state index in [1.807, 2.05) is 36.4 Å². The third-order valence-corrected chi connectivity index (χ3v) is 3.47. The van der Waals surface area contributed by atoms with E-state index < -0.39 is 0 Å². The van der Waals surface area contributed by atoms with E-state index in [0.717, 1.165) is 15.8 Å². The Balaban J connectivity index is 1.97. The van der Waals surface area contributed by atoms with Gasteiger partial charge in [0, 0.05) is 16.9 Å². The number of amides is 1. The van der Waals surface area contributed by atoms with Gasteiger partial charge in [0.25, 0.3) is 5.91 Å². The Labute approximate surface area is 118 Å². The minimum atomic E-state index is -0.171. The highest BCUT2D eigenvalue weighted by molar-refractivity contribution is 9.10. The van der Waals surface area contributed by atoms with Crippen molar-refractivity contribution in [3.05, 3.63) is 65.0 Å². The molecule has 94 valence electrons. The number of hydrogen-bond donors (Lipinski definition) is 1. The number of pyridine rings is 1. The molecule has 0 aliphatic rings. The normalized spacial score (nSPS) is 10.6. The molecule has 1 N–H and O–H groups in total. The number of benzene rings is 1. The number of aromatic nitrogens is 2. The van der Waals surface area contributed by atoms with Gasteiger partial charge in [0.2, 0.25) is 0 Å². The maximum Gasteiger partial charge on any atom is 0.272 e. The molecule has 5 heteroatoms. The van der Waals surface area contributed by atoms with Gasteiger partial charge in [-0.15, -0.1) is 0 Å². The number of fused-ring (bicyclic) bond motifs is 1. The third-order valence-electron chi connectivity index (χ3n) is 2.78. The van der Waals surface area contributed by atoms with E-state index in [1.54, 1.807) is 22.9 Å². The van der Waals surface area contributed by atoms with Gasteiger partial charge in [0.15, 0.2) is 0 Å². The van der Waals surface area contributed by atoms with Crippen LogP contribution in [0.25, 0.3) is 5.65 Å². The van der Waals surface area contributed by atoms with Gasteiger partial charge in [-0.05, 0) is 40.2 Å². The summed E-state index contributed by atoms with van der Waals surface area (Å²) in [6.45, 7) is 0. The molecule has 0 saturated carbocycles. The Hall–Kier alpha value is -2.14. The van der Waals surface area contributed by atoms with Gasteiger partial charge in [-0.25, -0.2) is 4.98 Å². The van der Waals surface area contributed by atoms with Crippen molar-refractivity contribution in [3.63, 3.8) is 0 Å². The molecule has 1 aromatic carbocycles. The first kappa shape index (κ1) is 11.9. The van der Waals surface area contributed by atoms with Gasteiger partial charge in [-0.3, -0.25) is 9.20 Å². The topological polar surface area (TPSA) is 46.4 Å². The van der Waals surface area contributed by atoms with Crippen molar-refractivity contribution in [1.29, 1.82) is 0 Å². The first-order valence-electron chi connectivity index (χ1n) is 5.74. The number of imidazole rings is 1. The van der Waals surface area contributed by atoms with Crippen LogP contribution in [-0.2, 0) is 0 Å². The van der Waals surface area contributed by atoms with Crippen LogP contribution in [0, 0.1) is 0 Å². The monoisotopic (exact) mass is 315 g/mol. The number of rotatable bonds is 2. The second kappa shape index (κ2) is 4.85. The average molecular weight is 316 g/mol. The van der Waals surface area contributed by atoms with Gasteiger partial charge in [-0.2, -0.15) is 0 Å². The van der Waals surface area contributed by atoms with Crippen molar-refractivity contribution in [1.82, 2.24) is 9.38 Å². The van der Waals surface area contributed by atoms with Crippen LogP contribution < -0.4 is 5.32 Å². The average Bonchev–Trinajstić information content (AvgIpc) is 2.89. The summed E-state index contributed by atoms with van der Waals surface area (Å²) >= 11 is 3.41. The van der Waals surface area contributed by atoms with Crippen molar-refractivity contribution in [2.75, 3.05) is 5.32 Å². The van der Waals surface area contributed by atoms with Crippen molar-refractivity contribution >= 4 is 33.2 Å². The maximum atomic E-state index is 12.3. The fraction of sp³-hybridized carbons (Fsp3) is 0. The minimum absolute atomic E-state index is 0.171. The highest BCUT2D eigenvalue weighted by Crippen LogP contribution is 2.22. The summed E-state index contributed by atoms with van der Waals surface area (Å²) in [4.78, 5) is 16.5. The zero-order chi connectivity index (χ0) is 13.2. The molecule has 3 aromatic rings. The molecule has 0 atom stereocenters. The number of para-hydroxylation sites is 1. The molecule has 4 nitrogen and oxygen atoms in total. The number of carbonyl (C=O) groups excluding carboxylic acids is 1. The summed E-state index contributed by atoms with van der Waals surface area (Å²) in [5.41, 5.74) is 2.04. The first-order valence-corrected chi connectivity index (χ1v) is 6.53. The van der Waals surface area contributed by atoms with Crippen LogP contribution in [-0.4, -0.2) is 15.3 Å². The van der Waals surface area contributed by atoms with E-state index in [9.17, 15) is 4.79 Å². The zero-order valence-corrected chi connectivity index (χ0v) is 11.5. The molecular formula is C14H10BrN3O. The summed E-state index contributed by atoms with van der Waals surface area (Å²) in [5, 5.41) is 2.87. The molecule has 0 saturated heterocycles. The van der Waals surface area contributed by atoms with Crippen LogP contribution in [0.5, 0.6) is 0 Å². The molecule has 0 spiro atoms. The molecule has 0 radical (unpaired) electrons. The Bertz CT molecular complexity index is 751. The molecule has 0 fully saturated rings. The van der Waals surface area contributed by atoms with Crippen LogP contribution in [0.3, 0.4) is 0 Å². The Kier molecular flexibility index (Phi) is 3.05. The molecule has 0 bridgehead atoms. The Morgan fingerprint density at radius 2 is 2.00 bits per heavy atom. The quantitative estimate of drug-likeness (QED) is 0.788. The second-order valence-corrected chi connectivity index (χ2v) is 4.85. The summed E-state index contributed by atoms with van der Waals surface area (Å²) in [5.74, 6) is -0.171. The molecular weight excluding hydrogens is 306 g/mol. The lowest BCUT2D eigenvalue weighted by Gasteiger charge is -2.08. The van der Waals surface area contributed by atoms with Crippen LogP contribution in [0.4, 0.5) is 5.69 Å². The van der Waals surface area contributed by atoms with E-state index in [4.69, 9.17) is 0 Å². The highest BCUT2D eigenvalue weighted by Gasteiger charge is 2.11. The zero-order valence-electron chi connectivity index (χ0n) is 9.88. The standard InChI is InChI=1S/C14H10BrN3O/c15-10-4-1-2-5-11(10)17-14(19)12-6-3-7-13-16-8-9-18(12)13/h1-9H,(H,17,19). The molecule has 0 unspecified atom stereocenters. The lowest BCUT2D eigenvalue weighted by atomic mass is 10.3. The number of hydrogen-bond acceptors (Lipinski definition) is 2. The van der Waals surface area contributed by atoms with E-state index in [0.29, 0.717) is 5.69 Å². The molecule has 1 amide bonds. The molecule has 3 rings (SSSR count). The molecule has 0 aliphatic heterocycles. The molecule has 0 aliphatic carbocycles. The van der Waals surface area contributed by atoms with Gasteiger partial charge < -0.3 is 5.32 Å². The van der Waals surface area contributed by atoms with Crippen LogP contribution in [0.15, 0.2) is 59.3 Å². The fourth-order valence-corrected chi connectivity index (χ4v) is 2.27. The van der Waals surface area contributed by atoms with Crippen LogP contribution in [0.1, 0.15) is 10.5 Å². The molecule has 2 heterocycles. The van der Waals surface area contributed by atoms with Crippen molar-refractivity contribution in [3.8, 4) is 0 Å². The number of carbonyl (C=O) groups is 1. The second-order valence-electron chi connectivity index (χ2n) is 4.00. The SMILES string of the molecule is O=C(Nc1ccccc1Br)c1cccc2nccn12. The van der Waals surface area contributed by atoms with E-state index in [-0.39, 0.29) is 5.91 Å². The minimum Gasteiger partial charge on any atom is -0.320 e. The van der Waals surface area contributed by atoms with Gasteiger partial charge in [-0.1, -0.05) is 18.2 Å². The van der Waals surface area contributed by atoms with Gasteiger partial charge in [0.05, 0.1) is 5.69 Å². The van der Waals surface area contributed by atoms with Crippen molar-refractivity contribution in [2.45, 2.75) is 0 Å². The van der Waals surface area contributed by atoms with Crippen LogP contribution in [0.2, 0.25) is 0 Å². The van der Waals surface area contributed by atoms with E-state index in [1.165, 1.54) is 0 Å². The van der Waals surface area contributed by atoms with Crippen LogP contribution >= 0.6 is 15.9 Å². The number of nitrogens with zero attached hydrogens (tertiary/aromatic N) is 2. The number of halogens is 1. The summed E-state index contributed by atoms with van der Waals surface area (Å²) in [7, 11) is 0. The molecule has 2 aromatic heterocycles. The van der Waals surface area contributed by atoms with E-state index in [2.05, 4.69) is 26.2 Å². The summed E-state index contributed by atoms with van der Waals surface area (Å²) in [6, 6.07) is 12.9. The van der Waals surface area contributed by atoms with Crippen molar-refractivity contribution < 1.29 is 4.79 Å². The van der Waals surface area contributed by atoms with Gasteiger partial charge >= 0.3 is 0 Å². The molecule has 19 heavy (non-hydrogen) atoms. The van der Waals surface area contributed by atoms with Gasteiger partial charge in [0.1, 0.15) is 11.3 Å². The fourth-order valence-electron chi connectivity index (χ4n) is 1.88. The maximum absolute atomic E-state index is 12.3. The lowest BCUT2D eigenvalue weighted by Crippen LogP contribution is -2.15. The third kappa shape index (κ3) is 2.24. The number of nitrogens with one attached hydrogen (secondary N) is 1. The lowest BCUT2D eigenvalue weighted by molar-refractivity contribution is 0.102. The smallest absolute Gasteiger partial charge is 0.272 e. The van der Waals surface area contributed by atoms with Crippen molar-refractivity contribution in [2.24, 2.45) is 0 Å². The largest absolute Gasteiger partial charge is 0.320 e. The summed E-state index contributed by atoms with van der Waals surface area (Å²) < 4.78 is 2.60. The summed E-state index contributed by atoms with van der Waals surface area (Å²) in [6.07, 6.45) is 3.44. The predicted molar refractivity (Wildman–Crippen MR) is 77.3 cm³/mol. The highest BCUT2D eigenvalue weighted by atomic mass is 79.9. The Morgan fingerprint density at radius 3 is 2.84 bits per heavy atom. The number of anilines is 1. The first-order chi connectivity index (χ1) is 9.25. The van der Waals surface area contributed by atoms with E-state index >= 15 is 0 Å². The predicted octanol–water partition coefficient (Wildman–Crippen LogP) is 3.35.